The summed E-state index contributed by atoms with van der Waals surface area (Å²) in [4.78, 5) is 50.3. The summed E-state index contributed by atoms with van der Waals surface area (Å²) in [5.74, 6) is -2.40. The Bertz CT molecular complexity index is 1110. The molecule has 2 aromatic rings. The molecule has 9 nitrogen and oxygen atoms in total. The maximum atomic E-state index is 13.3. The van der Waals surface area contributed by atoms with Crippen LogP contribution in [-0.4, -0.2) is 65.5 Å². The van der Waals surface area contributed by atoms with Gasteiger partial charge in [0.25, 0.3) is 5.91 Å². The molecule has 3 amide bonds. The molecule has 1 saturated heterocycles. The molecule has 33 heavy (non-hydrogen) atoms. The summed E-state index contributed by atoms with van der Waals surface area (Å²) in [7, 11) is 0. The van der Waals surface area contributed by atoms with E-state index in [1.807, 2.05) is 48.6 Å². The number of nitrogens with zero attached hydrogens (tertiary/aromatic N) is 1. The highest BCUT2D eigenvalue weighted by atomic mass is 16.5. The van der Waals surface area contributed by atoms with Gasteiger partial charge >= 0.3 is 5.97 Å². The highest BCUT2D eigenvalue weighted by Crippen LogP contribution is 2.30. The van der Waals surface area contributed by atoms with Gasteiger partial charge in [-0.2, -0.15) is 0 Å². The average molecular weight is 449 g/mol. The number of ether oxygens (including phenoxy) is 1. The van der Waals surface area contributed by atoms with Crippen molar-refractivity contribution in [2.45, 2.75) is 18.5 Å². The van der Waals surface area contributed by atoms with E-state index in [-0.39, 0.29) is 11.8 Å². The number of fused-ring (bicyclic) bond motifs is 2. The topological polar surface area (TPSA) is 125 Å². The molecular formula is C24H23N3O6. The van der Waals surface area contributed by atoms with Crippen molar-refractivity contribution >= 4 is 41.5 Å². The quantitative estimate of drug-likeness (QED) is 0.552. The van der Waals surface area contributed by atoms with Gasteiger partial charge in [0.1, 0.15) is 19.3 Å². The molecule has 9 heteroatoms. The second-order valence-electron chi connectivity index (χ2n) is 7.83. The second-order valence-corrected chi connectivity index (χ2v) is 7.83. The number of hydrogen-bond donors (Lipinski definition) is 3. The predicted octanol–water partition coefficient (Wildman–Crippen LogP) is 1.61. The summed E-state index contributed by atoms with van der Waals surface area (Å²) in [5, 5.41) is 14.1. The smallest absolute Gasteiger partial charge is 0.329 e. The van der Waals surface area contributed by atoms with Gasteiger partial charge in [0.2, 0.25) is 11.8 Å². The van der Waals surface area contributed by atoms with Gasteiger partial charge in [-0.3, -0.25) is 14.4 Å². The Morgan fingerprint density at radius 3 is 2.61 bits per heavy atom. The minimum absolute atomic E-state index is 0.290. The van der Waals surface area contributed by atoms with E-state index in [0.717, 1.165) is 11.1 Å². The third-order valence-electron chi connectivity index (χ3n) is 5.53. The zero-order valence-corrected chi connectivity index (χ0v) is 17.7. The molecule has 2 aliphatic rings. The summed E-state index contributed by atoms with van der Waals surface area (Å²) in [6.07, 6.45) is 4.24. The average Bonchev–Trinajstić information content (AvgIpc) is 3.17. The van der Waals surface area contributed by atoms with Crippen molar-refractivity contribution in [1.29, 1.82) is 0 Å². The molecule has 0 aromatic heterocycles. The summed E-state index contributed by atoms with van der Waals surface area (Å²) in [6, 6.07) is 13.6. The van der Waals surface area contributed by atoms with Crippen molar-refractivity contribution < 1.29 is 29.0 Å². The van der Waals surface area contributed by atoms with E-state index in [2.05, 4.69) is 10.6 Å². The number of carboxylic acid groups (broad SMARTS) is 1. The number of nitrogens with one attached hydrogen (secondary N) is 2. The first-order valence-corrected chi connectivity index (χ1v) is 10.5. The standard InChI is InChI=1S/C24H23N3O6/c28-20(13-33-14-21(29)30)25-19-10-11-27-22(19)23(31)26-18-9-8-16(12-17(18)24(27)32)7-6-15-4-2-1-3-5-15/h1-9,12,19,22H,10-11,13-14H2,(H,25,28)(H,26,31)(H,29,30)/b7-6+/t19-,22-/m0/s1. The molecule has 2 heterocycles. The maximum absolute atomic E-state index is 13.3. The number of carbonyl (C=O) groups excluding carboxylic acids is 3. The second kappa shape index (κ2) is 9.66. The van der Waals surface area contributed by atoms with Crippen molar-refractivity contribution in [3.05, 3.63) is 65.2 Å². The van der Waals surface area contributed by atoms with Crippen LogP contribution in [0.3, 0.4) is 0 Å². The number of hydrogen-bond acceptors (Lipinski definition) is 5. The number of benzene rings is 2. The first kappa shape index (κ1) is 22.2. The first-order chi connectivity index (χ1) is 15.9. The van der Waals surface area contributed by atoms with E-state index in [9.17, 15) is 19.2 Å². The van der Waals surface area contributed by atoms with Crippen LogP contribution in [-0.2, 0) is 19.1 Å². The molecule has 0 saturated carbocycles. The van der Waals surface area contributed by atoms with Crippen molar-refractivity contribution in [2.75, 3.05) is 25.1 Å². The van der Waals surface area contributed by atoms with E-state index in [1.165, 1.54) is 4.90 Å². The maximum Gasteiger partial charge on any atom is 0.329 e. The van der Waals surface area contributed by atoms with Crippen molar-refractivity contribution in [2.24, 2.45) is 0 Å². The molecule has 2 atom stereocenters. The van der Waals surface area contributed by atoms with Crippen LogP contribution >= 0.6 is 0 Å². The lowest BCUT2D eigenvalue weighted by atomic mass is 10.1. The number of aliphatic carboxylic acids is 1. The molecule has 0 radical (unpaired) electrons. The lowest BCUT2D eigenvalue weighted by Crippen LogP contribution is -2.52. The Labute approximate surface area is 190 Å². The first-order valence-electron chi connectivity index (χ1n) is 10.5. The van der Waals surface area contributed by atoms with Crippen LogP contribution < -0.4 is 10.6 Å². The summed E-state index contributed by atoms with van der Waals surface area (Å²) in [6.45, 7) is -0.729. The minimum Gasteiger partial charge on any atom is -0.480 e. The Hall–Kier alpha value is -3.98. The van der Waals surface area contributed by atoms with Gasteiger partial charge in [-0.25, -0.2) is 4.79 Å². The molecule has 170 valence electrons. The Morgan fingerprint density at radius 1 is 1.09 bits per heavy atom. The van der Waals surface area contributed by atoms with Crippen LogP contribution in [0, 0.1) is 0 Å². The molecule has 1 fully saturated rings. The van der Waals surface area contributed by atoms with Gasteiger partial charge in [0.15, 0.2) is 0 Å². The molecule has 4 rings (SSSR count). The molecule has 2 aromatic carbocycles. The lowest BCUT2D eigenvalue weighted by Gasteiger charge is -2.24. The summed E-state index contributed by atoms with van der Waals surface area (Å²) in [5.41, 5.74) is 2.65. The predicted molar refractivity (Wildman–Crippen MR) is 120 cm³/mol. The summed E-state index contributed by atoms with van der Waals surface area (Å²) < 4.78 is 4.80. The normalized spacial score (nSPS) is 19.6. The molecule has 0 spiro atoms. The molecule has 3 N–H and O–H groups in total. The Kier molecular flexibility index (Phi) is 6.50. The highest BCUT2D eigenvalue weighted by Gasteiger charge is 2.45. The number of anilines is 1. The number of amides is 3. The van der Waals surface area contributed by atoms with Crippen LogP contribution in [0.25, 0.3) is 12.2 Å². The molecule has 0 unspecified atom stereocenters. The van der Waals surface area contributed by atoms with Crippen LogP contribution in [0.2, 0.25) is 0 Å². The fraction of sp³-hybridized carbons (Fsp3) is 0.250. The van der Waals surface area contributed by atoms with Crippen molar-refractivity contribution in [3.8, 4) is 0 Å². The Balaban J connectivity index is 1.49. The van der Waals surface area contributed by atoms with Gasteiger partial charge < -0.3 is 25.4 Å². The molecule has 0 bridgehead atoms. The van der Waals surface area contributed by atoms with Gasteiger partial charge in [-0.15, -0.1) is 0 Å². The third-order valence-corrected chi connectivity index (χ3v) is 5.53. The third kappa shape index (κ3) is 5.09. The molecule has 2 aliphatic heterocycles. The lowest BCUT2D eigenvalue weighted by molar-refractivity contribution is -0.143. The van der Waals surface area contributed by atoms with Gasteiger partial charge in [0, 0.05) is 6.54 Å². The Morgan fingerprint density at radius 2 is 1.85 bits per heavy atom. The van der Waals surface area contributed by atoms with Crippen molar-refractivity contribution in [1.82, 2.24) is 10.2 Å². The number of carbonyl (C=O) groups is 4. The van der Waals surface area contributed by atoms with Crippen LogP contribution in [0.4, 0.5) is 5.69 Å². The summed E-state index contributed by atoms with van der Waals surface area (Å²) >= 11 is 0. The molecule has 0 aliphatic carbocycles. The monoisotopic (exact) mass is 449 g/mol. The van der Waals surface area contributed by atoms with E-state index < -0.39 is 37.2 Å². The van der Waals surface area contributed by atoms with Gasteiger partial charge in [0.05, 0.1) is 17.3 Å². The zero-order valence-electron chi connectivity index (χ0n) is 17.7. The SMILES string of the molecule is O=C(O)COCC(=O)N[C@H]1CCN2C(=O)c3cc(/C=C/c4ccccc4)ccc3NC(=O)[C@H]12. The highest BCUT2D eigenvalue weighted by molar-refractivity contribution is 6.11. The van der Waals surface area contributed by atoms with Crippen LogP contribution in [0.1, 0.15) is 27.9 Å². The van der Waals surface area contributed by atoms with Crippen LogP contribution in [0.5, 0.6) is 0 Å². The minimum atomic E-state index is -1.18. The van der Waals surface area contributed by atoms with E-state index in [0.29, 0.717) is 24.2 Å². The van der Waals surface area contributed by atoms with E-state index >= 15 is 0 Å². The van der Waals surface area contributed by atoms with Crippen molar-refractivity contribution in [3.63, 3.8) is 0 Å². The fourth-order valence-electron chi connectivity index (χ4n) is 4.04. The number of carboxylic acids is 1. The zero-order chi connectivity index (χ0) is 23.4. The van der Waals surface area contributed by atoms with Gasteiger partial charge in [-0.1, -0.05) is 48.6 Å². The fourth-order valence-corrected chi connectivity index (χ4v) is 4.04. The molecular weight excluding hydrogens is 426 g/mol. The van der Waals surface area contributed by atoms with E-state index in [1.54, 1.807) is 12.1 Å². The van der Waals surface area contributed by atoms with Gasteiger partial charge in [-0.05, 0) is 29.7 Å². The largest absolute Gasteiger partial charge is 0.480 e. The number of rotatable bonds is 7. The van der Waals surface area contributed by atoms with Crippen LogP contribution in [0.15, 0.2) is 48.5 Å². The van der Waals surface area contributed by atoms with E-state index in [4.69, 9.17) is 9.84 Å².